The SMILES string of the molecule is CNCCCC(=O)NC1(c2ccc(OC)cc2)CCCC1. The van der Waals surface area contributed by atoms with E-state index in [9.17, 15) is 4.79 Å². The molecule has 1 aliphatic rings. The van der Waals surface area contributed by atoms with Crippen molar-refractivity contribution in [2.45, 2.75) is 44.1 Å². The fraction of sp³-hybridized carbons (Fsp3) is 0.588. The van der Waals surface area contributed by atoms with Crippen LogP contribution in [-0.4, -0.2) is 26.6 Å². The van der Waals surface area contributed by atoms with Gasteiger partial charge in [0, 0.05) is 6.42 Å². The second-order valence-corrected chi connectivity index (χ2v) is 5.77. The van der Waals surface area contributed by atoms with Gasteiger partial charge in [-0.05, 0) is 50.6 Å². The molecule has 0 aromatic heterocycles. The van der Waals surface area contributed by atoms with Gasteiger partial charge in [-0.25, -0.2) is 0 Å². The topological polar surface area (TPSA) is 50.4 Å². The Morgan fingerprint density at radius 3 is 2.48 bits per heavy atom. The highest BCUT2D eigenvalue weighted by Crippen LogP contribution is 2.39. The van der Waals surface area contributed by atoms with Crippen molar-refractivity contribution in [3.8, 4) is 5.75 Å². The zero-order valence-electron chi connectivity index (χ0n) is 13.1. The van der Waals surface area contributed by atoms with Crippen LogP contribution in [0.25, 0.3) is 0 Å². The van der Waals surface area contributed by atoms with Crippen LogP contribution in [0.3, 0.4) is 0 Å². The molecule has 1 amide bonds. The summed E-state index contributed by atoms with van der Waals surface area (Å²) in [4.78, 5) is 12.2. The molecule has 116 valence electrons. The lowest BCUT2D eigenvalue weighted by molar-refractivity contribution is -0.123. The first kappa shape index (κ1) is 15.8. The number of carbonyl (C=O) groups is 1. The minimum atomic E-state index is -0.178. The van der Waals surface area contributed by atoms with Gasteiger partial charge in [-0.1, -0.05) is 25.0 Å². The number of amides is 1. The molecule has 1 aromatic rings. The number of rotatable bonds is 7. The molecule has 0 radical (unpaired) electrons. The minimum Gasteiger partial charge on any atom is -0.497 e. The number of carbonyl (C=O) groups excluding carboxylic acids is 1. The number of hydrogen-bond donors (Lipinski definition) is 2. The lowest BCUT2D eigenvalue weighted by atomic mass is 9.88. The molecule has 0 spiro atoms. The molecule has 0 bridgehead atoms. The summed E-state index contributed by atoms with van der Waals surface area (Å²) in [7, 11) is 3.58. The second-order valence-electron chi connectivity index (χ2n) is 5.77. The Hall–Kier alpha value is -1.55. The maximum absolute atomic E-state index is 12.2. The molecule has 1 saturated carbocycles. The summed E-state index contributed by atoms with van der Waals surface area (Å²) in [6, 6.07) is 8.11. The number of ether oxygens (including phenoxy) is 1. The van der Waals surface area contributed by atoms with Gasteiger partial charge in [0.25, 0.3) is 0 Å². The summed E-state index contributed by atoms with van der Waals surface area (Å²) >= 11 is 0. The molecule has 0 aliphatic heterocycles. The van der Waals surface area contributed by atoms with E-state index in [4.69, 9.17) is 4.74 Å². The summed E-state index contributed by atoms with van der Waals surface area (Å²) < 4.78 is 5.22. The Kier molecular flexibility index (Phi) is 5.62. The summed E-state index contributed by atoms with van der Waals surface area (Å²) in [6.45, 7) is 0.878. The first-order valence-electron chi connectivity index (χ1n) is 7.80. The minimum absolute atomic E-state index is 0.156. The molecule has 4 nitrogen and oxygen atoms in total. The van der Waals surface area contributed by atoms with E-state index in [1.807, 2.05) is 19.2 Å². The summed E-state index contributed by atoms with van der Waals surface area (Å²) in [5.74, 6) is 1.01. The van der Waals surface area contributed by atoms with Crippen molar-refractivity contribution in [1.29, 1.82) is 0 Å². The van der Waals surface area contributed by atoms with Crippen LogP contribution in [0, 0.1) is 0 Å². The molecule has 1 aromatic carbocycles. The predicted octanol–water partition coefficient (Wildman–Crippen LogP) is 2.58. The molecule has 2 N–H and O–H groups in total. The van der Waals surface area contributed by atoms with E-state index < -0.39 is 0 Å². The fourth-order valence-electron chi connectivity index (χ4n) is 3.13. The van der Waals surface area contributed by atoms with Crippen molar-refractivity contribution < 1.29 is 9.53 Å². The average Bonchev–Trinajstić information content (AvgIpc) is 2.97. The maximum Gasteiger partial charge on any atom is 0.220 e. The van der Waals surface area contributed by atoms with Gasteiger partial charge < -0.3 is 15.4 Å². The Bertz CT molecular complexity index is 450. The predicted molar refractivity (Wildman–Crippen MR) is 84.4 cm³/mol. The molecule has 1 aliphatic carbocycles. The van der Waals surface area contributed by atoms with E-state index in [0.29, 0.717) is 6.42 Å². The van der Waals surface area contributed by atoms with E-state index in [1.54, 1.807) is 7.11 Å². The van der Waals surface area contributed by atoms with Crippen LogP contribution in [0.1, 0.15) is 44.1 Å². The Balaban J connectivity index is 2.06. The summed E-state index contributed by atoms with van der Waals surface area (Å²) in [5, 5.41) is 6.37. The molecule has 1 fully saturated rings. The maximum atomic E-state index is 12.2. The van der Waals surface area contributed by atoms with Crippen LogP contribution in [-0.2, 0) is 10.3 Å². The molecule has 0 unspecified atom stereocenters. The van der Waals surface area contributed by atoms with Crippen molar-refractivity contribution >= 4 is 5.91 Å². The zero-order valence-corrected chi connectivity index (χ0v) is 13.1. The summed E-state index contributed by atoms with van der Waals surface area (Å²) in [6.07, 6.45) is 5.85. The lowest BCUT2D eigenvalue weighted by Crippen LogP contribution is -2.43. The number of hydrogen-bond acceptors (Lipinski definition) is 3. The Morgan fingerprint density at radius 2 is 1.90 bits per heavy atom. The van der Waals surface area contributed by atoms with E-state index in [-0.39, 0.29) is 11.4 Å². The molecule has 4 heteroatoms. The third-order valence-corrected chi connectivity index (χ3v) is 4.31. The van der Waals surface area contributed by atoms with Crippen LogP contribution < -0.4 is 15.4 Å². The highest BCUT2D eigenvalue weighted by atomic mass is 16.5. The number of methoxy groups -OCH3 is 1. The van der Waals surface area contributed by atoms with Gasteiger partial charge in [-0.3, -0.25) is 4.79 Å². The van der Waals surface area contributed by atoms with Crippen molar-refractivity contribution in [1.82, 2.24) is 10.6 Å². The quantitative estimate of drug-likeness (QED) is 0.759. The van der Waals surface area contributed by atoms with Gasteiger partial charge in [0.15, 0.2) is 0 Å². The van der Waals surface area contributed by atoms with Crippen molar-refractivity contribution in [3.63, 3.8) is 0 Å². The largest absolute Gasteiger partial charge is 0.497 e. The van der Waals surface area contributed by atoms with Gasteiger partial charge in [0.05, 0.1) is 12.6 Å². The third kappa shape index (κ3) is 3.97. The van der Waals surface area contributed by atoms with Crippen LogP contribution in [0.5, 0.6) is 5.75 Å². The monoisotopic (exact) mass is 290 g/mol. The molecule has 0 saturated heterocycles. The smallest absolute Gasteiger partial charge is 0.220 e. The molecule has 21 heavy (non-hydrogen) atoms. The van der Waals surface area contributed by atoms with Crippen LogP contribution in [0.2, 0.25) is 0 Å². The van der Waals surface area contributed by atoms with Crippen LogP contribution in [0.15, 0.2) is 24.3 Å². The number of benzene rings is 1. The number of nitrogens with one attached hydrogen (secondary N) is 2. The van der Waals surface area contributed by atoms with Gasteiger partial charge in [0.1, 0.15) is 5.75 Å². The third-order valence-electron chi connectivity index (χ3n) is 4.31. The molecular weight excluding hydrogens is 264 g/mol. The highest BCUT2D eigenvalue weighted by molar-refractivity contribution is 5.77. The first-order chi connectivity index (χ1) is 10.2. The Labute approximate surface area is 127 Å². The molecule has 2 rings (SSSR count). The first-order valence-corrected chi connectivity index (χ1v) is 7.80. The zero-order chi connectivity index (χ0) is 15.1. The second kappa shape index (κ2) is 7.46. The van der Waals surface area contributed by atoms with E-state index in [1.165, 1.54) is 18.4 Å². The van der Waals surface area contributed by atoms with Crippen molar-refractivity contribution in [2.75, 3.05) is 20.7 Å². The van der Waals surface area contributed by atoms with E-state index in [2.05, 4.69) is 22.8 Å². The molecular formula is C17H26N2O2. The normalized spacial score (nSPS) is 16.7. The van der Waals surface area contributed by atoms with E-state index >= 15 is 0 Å². The van der Waals surface area contributed by atoms with Gasteiger partial charge >= 0.3 is 0 Å². The highest BCUT2D eigenvalue weighted by Gasteiger charge is 2.36. The van der Waals surface area contributed by atoms with E-state index in [0.717, 1.165) is 31.6 Å². The standard InChI is InChI=1S/C17H26N2O2/c1-18-13-5-6-16(20)19-17(11-3-4-12-17)14-7-9-15(21-2)10-8-14/h7-10,18H,3-6,11-13H2,1-2H3,(H,19,20). The molecule has 0 atom stereocenters. The van der Waals surface area contributed by atoms with Gasteiger partial charge in [-0.15, -0.1) is 0 Å². The molecule has 0 heterocycles. The van der Waals surface area contributed by atoms with Crippen LogP contribution in [0.4, 0.5) is 0 Å². The fourth-order valence-corrected chi connectivity index (χ4v) is 3.13. The average molecular weight is 290 g/mol. The van der Waals surface area contributed by atoms with Gasteiger partial charge in [-0.2, -0.15) is 0 Å². The van der Waals surface area contributed by atoms with Crippen molar-refractivity contribution in [2.24, 2.45) is 0 Å². The van der Waals surface area contributed by atoms with Crippen LogP contribution >= 0.6 is 0 Å². The summed E-state index contributed by atoms with van der Waals surface area (Å²) in [5.41, 5.74) is 1.02. The Morgan fingerprint density at radius 1 is 1.24 bits per heavy atom. The van der Waals surface area contributed by atoms with Crippen molar-refractivity contribution in [3.05, 3.63) is 29.8 Å². The lowest BCUT2D eigenvalue weighted by Gasteiger charge is -2.31. The van der Waals surface area contributed by atoms with Gasteiger partial charge in [0.2, 0.25) is 5.91 Å².